The Balaban J connectivity index is 2.09. The van der Waals surface area contributed by atoms with E-state index in [4.69, 9.17) is 23.2 Å². The standard InChI is InChI=1S/C15H21Cl2N/c1-11(12-8-13(16)10-14(17)9-12)18-6-4-15(2,3)5-7-18/h8-11H,4-7H2,1-3H3/t11-/m0/s1. The van der Waals surface area contributed by atoms with Crippen molar-refractivity contribution in [2.75, 3.05) is 13.1 Å². The molecule has 0 amide bonds. The van der Waals surface area contributed by atoms with Crippen LogP contribution in [0.25, 0.3) is 0 Å². The molecule has 3 heteroatoms. The third-order valence-electron chi connectivity index (χ3n) is 4.07. The summed E-state index contributed by atoms with van der Waals surface area (Å²) < 4.78 is 0. The fraction of sp³-hybridized carbons (Fsp3) is 0.600. The molecule has 0 N–H and O–H groups in total. The van der Waals surface area contributed by atoms with E-state index in [1.165, 1.54) is 18.4 Å². The molecule has 1 saturated heterocycles. The van der Waals surface area contributed by atoms with Gasteiger partial charge in [-0.25, -0.2) is 0 Å². The van der Waals surface area contributed by atoms with E-state index in [-0.39, 0.29) is 0 Å². The first-order valence-corrected chi connectivity index (χ1v) is 7.33. The molecule has 0 bridgehead atoms. The van der Waals surface area contributed by atoms with Crippen LogP contribution >= 0.6 is 23.2 Å². The summed E-state index contributed by atoms with van der Waals surface area (Å²) in [5, 5.41) is 1.45. The molecule has 1 nitrogen and oxygen atoms in total. The Kier molecular flexibility index (Phi) is 4.25. The van der Waals surface area contributed by atoms with Gasteiger partial charge in [0, 0.05) is 16.1 Å². The predicted octanol–water partition coefficient (Wildman–Crippen LogP) is 5.18. The summed E-state index contributed by atoms with van der Waals surface area (Å²) in [6, 6.07) is 6.23. The average Bonchev–Trinajstić information content (AvgIpc) is 2.27. The molecule has 18 heavy (non-hydrogen) atoms. The van der Waals surface area contributed by atoms with Gasteiger partial charge in [0.2, 0.25) is 0 Å². The van der Waals surface area contributed by atoms with Gasteiger partial charge in [0.25, 0.3) is 0 Å². The van der Waals surface area contributed by atoms with Crippen LogP contribution in [0.2, 0.25) is 10.0 Å². The van der Waals surface area contributed by atoms with Crippen LogP contribution in [0.1, 0.15) is 45.2 Å². The Hall–Kier alpha value is -0.240. The topological polar surface area (TPSA) is 3.24 Å². The fourth-order valence-electron chi connectivity index (χ4n) is 2.54. The van der Waals surface area contributed by atoms with Gasteiger partial charge in [-0.05, 0) is 62.0 Å². The molecule has 0 saturated carbocycles. The van der Waals surface area contributed by atoms with Crippen LogP contribution in [-0.4, -0.2) is 18.0 Å². The molecule has 1 fully saturated rings. The number of rotatable bonds is 2. The SMILES string of the molecule is C[C@@H](c1cc(Cl)cc(Cl)c1)N1CCC(C)(C)CC1. The molecule has 2 rings (SSSR count). The minimum absolute atomic E-state index is 0.386. The smallest absolute Gasteiger partial charge is 0.0424 e. The Bertz CT molecular complexity index is 398. The van der Waals surface area contributed by atoms with Crippen molar-refractivity contribution in [2.24, 2.45) is 5.41 Å². The molecule has 0 unspecified atom stereocenters. The van der Waals surface area contributed by atoms with Gasteiger partial charge >= 0.3 is 0 Å². The lowest BCUT2D eigenvalue weighted by molar-refractivity contribution is 0.100. The number of hydrogen-bond acceptors (Lipinski definition) is 1. The highest BCUT2D eigenvalue weighted by Gasteiger charge is 2.28. The molecule has 1 aromatic carbocycles. The van der Waals surface area contributed by atoms with E-state index in [1.54, 1.807) is 6.07 Å². The van der Waals surface area contributed by atoms with Crippen LogP contribution < -0.4 is 0 Å². The number of halogens is 2. The van der Waals surface area contributed by atoms with E-state index in [9.17, 15) is 0 Å². The van der Waals surface area contributed by atoms with Crippen LogP contribution in [0, 0.1) is 5.41 Å². The van der Waals surface area contributed by atoms with Gasteiger partial charge in [-0.15, -0.1) is 0 Å². The maximum Gasteiger partial charge on any atom is 0.0424 e. The highest BCUT2D eigenvalue weighted by molar-refractivity contribution is 6.34. The zero-order valence-corrected chi connectivity index (χ0v) is 12.9. The third kappa shape index (κ3) is 3.40. The number of nitrogens with zero attached hydrogens (tertiary/aromatic N) is 1. The molecule has 0 aromatic heterocycles. The molecule has 0 aliphatic carbocycles. The molecule has 1 heterocycles. The van der Waals surface area contributed by atoms with Crippen LogP contribution in [0.15, 0.2) is 18.2 Å². The molecule has 1 aromatic rings. The summed E-state index contributed by atoms with van der Waals surface area (Å²) in [7, 11) is 0. The van der Waals surface area contributed by atoms with E-state index in [2.05, 4.69) is 25.7 Å². The van der Waals surface area contributed by atoms with Gasteiger partial charge in [0.1, 0.15) is 0 Å². The van der Waals surface area contributed by atoms with Crippen molar-refractivity contribution in [3.05, 3.63) is 33.8 Å². The third-order valence-corrected chi connectivity index (χ3v) is 4.50. The lowest BCUT2D eigenvalue weighted by Crippen LogP contribution is -2.38. The molecule has 1 aliphatic heterocycles. The number of hydrogen-bond donors (Lipinski definition) is 0. The Morgan fingerprint density at radius 1 is 1.06 bits per heavy atom. The highest BCUT2D eigenvalue weighted by Crippen LogP contribution is 2.34. The van der Waals surface area contributed by atoms with Crippen LogP contribution in [0.3, 0.4) is 0 Å². The average molecular weight is 286 g/mol. The minimum atomic E-state index is 0.386. The van der Waals surface area contributed by atoms with Crippen molar-refractivity contribution in [3.63, 3.8) is 0 Å². The van der Waals surface area contributed by atoms with Crippen LogP contribution in [0.4, 0.5) is 0 Å². The van der Waals surface area contributed by atoms with Crippen molar-refractivity contribution in [2.45, 2.75) is 39.7 Å². The van der Waals surface area contributed by atoms with Crippen molar-refractivity contribution in [1.82, 2.24) is 4.90 Å². The second kappa shape index (κ2) is 5.40. The Morgan fingerprint density at radius 2 is 1.56 bits per heavy atom. The van der Waals surface area contributed by atoms with E-state index >= 15 is 0 Å². The van der Waals surface area contributed by atoms with Gasteiger partial charge in [-0.3, -0.25) is 4.90 Å². The molecule has 100 valence electrons. The van der Waals surface area contributed by atoms with E-state index in [0.29, 0.717) is 11.5 Å². The van der Waals surface area contributed by atoms with E-state index in [0.717, 1.165) is 23.1 Å². The zero-order chi connectivity index (χ0) is 13.3. The van der Waals surface area contributed by atoms with Crippen molar-refractivity contribution >= 4 is 23.2 Å². The minimum Gasteiger partial charge on any atom is -0.297 e. The molecule has 1 aliphatic rings. The fourth-order valence-corrected chi connectivity index (χ4v) is 3.09. The van der Waals surface area contributed by atoms with E-state index < -0.39 is 0 Å². The Labute approximate surface area is 120 Å². The van der Waals surface area contributed by atoms with Gasteiger partial charge in [-0.2, -0.15) is 0 Å². The lowest BCUT2D eigenvalue weighted by atomic mass is 9.82. The van der Waals surface area contributed by atoms with Crippen LogP contribution in [-0.2, 0) is 0 Å². The molecule has 0 radical (unpaired) electrons. The highest BCUT2D eigenvalue weighted by atomic mass is 35.5. The summed E-state index contributed by atoms with van der Waals surface area (Å²) in [5.41, 5.74) is 1.70. The van der Waals surface area contributed by atoms with E-state index in [1.807, 2.05) is 12.1 Å². The first kappa shape index (κ1) is 14.2. The Morgan fingerprint density at radius 3 is 2.06 bits per heavy atom. The van der Waals surface area contributed by atoms with Crippen molar-refractivity contribution in [1.29, 1.82) is 0 Å². The molecule has 0 spiro atoms. The monoisotopic (exact) mass is 285 g/mol. The second-order valence-corrected chi connectivity index (χ2v) is 6.95. The predicted molar refractivity (Wildman–Crippen MR) is 79.5 cm³/mol. The lowest BCUT2D eigenvalue weighted by Gasteiger charge is -2.40. The number of piperidine rings is 1. The first-order valence-electron chi connectivity index (χ1n) is 6.57. The van der Waals surface area contributed by atoms with Gasteiger partial charge in [0.15, 0.2) is 0 Å². The number of benzene rings is 1. The summed E-state index contributed by atoms with van der Waals surface area (Å²) in [6.07, 6.45) is 2.51. The summed E-state index contributed by atoms with van der Waals surface area (Å²) >= 11 is 12.2. The van der Waals surface area contributed by atoms with Gasteiger partial charge in [0.05, 0.1) is 0 Å². The summed E-state index contributed by atoms with van der Waals surface area (Å²) in [5.74, 6) is 0. The van der Waals surface area contributed by atoms with Gasteiger partial charge in [-0.1, -0.05) is 37.0 Å². The van der Waals surface area contributed by atoms with Crippen molar-refractivity contribution in [3.8, 4) is 0 Å². The largest absolute Gasteiger partial charge is 0.297 e. The maximum absolute atomic E-state index is 6.08. The molecule has 1 atom stereocenters. The van der Waals surface area contributed by atoms with Crippen molar-refractivity contribution < 1.29 is 0 Å². The molecular weight excluding hydrogens is 265 g/mol. The second-order valence-electron chi connectivity index (χ2n) is 6.08. The first-order chi connectivity index (χ1) is 8.37. The maximum atomic E-state index is 6.08. The zero-order valence-electron chi connectivity index (χ0n) is 11.3. The number of likely N-dealkylation sites (tertiary alicyclic amines) is 1. The normalized spacial score (nSPS) is 21.8. The molecular formula is C15H21Cl2N. The van der Waals surface area contributed by atoms with Crippen LogP contribution in [0.5, 0.6) is 0 Å². The summed E-state index contributed by atoms with van der Waals surface area (Å²) in [4.78, 5) is 2.52. The van der Waals surface area contributed by atoms with Gasteiger partial charge < -0.3 is 0 Å². The summed E-state index contributed by atoms with van der Waals surface area (Å²) in [6.45, 7) is 9.24. The quantitative estimate of drug-likeness (QED) is 0.724.